The predicted octanol–water partition coefficient (Wildman–Crippen LogP) is 3.11. The Morgan fingerprint density at radius 1 is 1.11 bits per heavy atom. The highest BCUT2D eigenvalue weighted by molar-refractivity contribution is 7.99. The Labute approximate surface area is 107 Å². The molecule has 1 aromatic heterocycles. The van der Waals surface area contributed by atoms with E-state index in [0.29, 0.717) is 21.6 Å². The quantitative estimate of drug-likeness (QED) is 0.849. The lowest BCUT2D eigenvalue weighted by Crippen LogP contribution is -2.01. The molecular weight excluding hydrogens is 256 g/mol. The minimum Gasteiger partial charge on any atom is -0.383 e. The van der Waals surface area contributed by atoms with Gasteiger partial charge in [-0.3, -0.25) is 0 Å². The average Bonchev–Trinajstić information content (AvgIpc) is 2.30. The lowest BCUT2D eigenvalue weighted by atomic mass is 10.3. The van der Waals surface area contributed by atoms with Gasteiger partial charge in [0.1, 0.15) is 16.7 Å². The van der Waals surface area contributed by atoms with Gasteiger partial charge in [0.15, 0.2) is 11.6 Å². The van der Waals surface area contributed by atoms with Crippen LogP contribution in [0.15, 0.2) is 28.1 Å². The molecular formula is C12H11F2N3S. The van der Waals surface area contributed by atoms with E-state index < -0.39 is 11.6 Å². The third-order valence-electron chi connectivity index (χ3n) is 2.36. The largest absolute Gasteiger partial charge is 0.383 e. The van der Waals surface area contributed by atoms with Gasteiger partial charge in [0.2, 0.25) is 0 Å². The molecule has 0 radical (unpaired) electrons. The molecule has 2 rings (SSSR count). The first-order valence-corrected chi connectivity index (χ1v) is 6.02. The van der Waals surface area contributed by atoms with Crippen molar-refractivity contribution in [3.05, 3.63) is 41.2 Å². The standard InChI is InChI=1S/C12H11F2N3S/c1-6-11(15)16-7(2)17-12(6)18-8-3-4-9(13)10(14)5-8/h3-5H,1-2H3,(H2,15,16,17). The van der Waals surface area contributed by atoms with Crippen LogP contribution in [-0.2, 0) is 0 Å². The summed E-state index contributed by atoms with van der Waals surface area (Å²) < 4.78 is 25.9. The highest BCUT2D eigenvalue weighted by Gasteiger charge is 2.10. The average molecular weight is 267 g/mol. The number of halogens is 2. The number of aryl methyl sites for hydroxylation is 1. The van der Waals surface area contributed by atoms with E-state index >= 15 is 0 Å². The first kappa shape index (κ1) is 12.8. The SMILES string of the molecule is Cc1nc(N)c(C)c(Sc2ccc(F)c(F)c2)n1. The van der Waals surface area contributed by atoms with Crippen molar-refractivity contribution in [3.63, 3.8) is 0 Å². The van der Waals surface area contributed by atoms with E-state index in [4.69, 9.17) is 5.73 Å². The number of hydrogen-bond acceptors (Lipinski definition) is 4. The molecule has 94 valence electrons. The van der Waals surface area contributed by atoms with Gasteiger partial charge in [-0.05, 0) is 32.0 Å². The van der Waals surface area contributed by atoms with E-state index in [1.54, 1.807) is 13.8 Å². The molecule has 18 heavy (non-hydrogen) atoms. The van der Waals surface area contributed by atoms with Gasteiger partial charge in [-0.1, -0.05) is 11.8 Å². The lowest BCUT2D eigenvalue weighted by Gasteiger charge is -2.08. The van der Waals surface area contributed by atoms with Crippen LogP contribution < -0.4 is 5.73 Å². The van der Waals surface area contributed by atoms with Crippen molar-refractivity contribution in [3.8, 4) is 0 Å². The number of nitrogens with two attached hydrogens (primary N) is 1. The number of anilines is 1. The summed E-state index contributed by atoms with van der Waals surface area (Å²) in [5, 5.41) is 0.644. The molecule has 0 aliphatic rings. The topological polar surface area (TPSA) is 51.8 Å². The molecule has 1 heterocycles. The second-order valence-electron chi connectivity index (χ2n) is 3.76. The Morgan fingerprint density at radius 2 is 1.83 bits per heavy atom. The van der Waals surface area contributed by atoms with Gasteiger partial charge in [0, 0.05) is 10.5 Å². The maximum absolute atomic E-state index is 13.1. The minimum atomic E-state index is -0.878. The number of hydrogen-bond donors (Lipinski definition) is 1. The molecule has 0 saturated heterocycles. The van der Waals surface area contributed by atoms with Gasteiger partial charge in [0.25, 0.3) is 0 Å². The zero-order valence-corrected chi connectivity index (χ0v) is 10.7. The Morgan fingerprint density at radius 3 is 2.50 bits per heavy atom. The smallest absolute Gasteiger partial charge is 0.159 e. The molecule has 0 bridgehead atoms. The summed E-state index contributed by atoms with van der Waals surface area (Å²) in [4.78, 5) is 8.83. The Bertz CT molecular complexity index is 602. The van der Waals surface area contributed by atoms with E-state index in [1.807, 2.05) is 0 Å². The first-order chi connectivity index (χ1) is 8.47. The maximum Gasteiger partial charge on any atom is 0.159 e. The van der Waals surface area contributed by atoms with Crippen LogP contribution in [-0.4, -0.2) is 9.97 Å². The van der Waals surface area contributed by atoms with Crippen molar-refractivity contribution in [2.24, 2.45) is 0 Å². The molecule has 0 aliphatic heterocycles. The van der Waals surface area contributed by atoms with Crippen molar-refractivity contribution in [2.75, 3.05) is 5.73 Å². The molecule has 2 N–H and O–H groups in total. The maximum atomic E-state index is 13.1. The summed E-state index contributed by atoms with van der Waals surface area (Å²) in [6.45, 7) is 3.52. The number of rotatable bonds is 2. The number of nitrogens with zero attached hydrogens (tertiary/aromatic N) is 2. The van der Waals surface area contributed by atoms with E-state index in [9.17, 15) is 8.78 Å². The highest BCUT2D eigenvalue weighted by atomic mass is 32.2. The number of benzene rings is 1. The molecule has 0 spiro atoms. The van der Waals surface area contributed by atoms with Gasteiger partial charge >= 0.3 is 0 Å². The Kier molecular flexibility index (Phi) is 3.47. The van der Waals surface area contributed by atoms with Crippen molar-refractivity contribution in [1.29, 1.82) is 0 Å². The zero-order valence-electron chi connectivity index (χ0n) is 9.87. The van der Waals surface area contributed by atoms with Crippen LogP contribution in [0.4, 0.5) is 14.6 Å². The summed E-state index contributed by atoms with van der Waals surface area (Å²) in [7, 11) is 0. The van der Waals surface area contributed by atoms with Gasteiger partial charge in [0.05, 0.1) is 0 Å². The zero-order chi connectivity index (χ0) is 13.3. The molecule has 0 saturated carbocycles. The molecule has 6 heteroatoms. The third-order valence-corrected chi connectivity index (χ3v) is 3.44. The summed E-state index contributed by atoms with van der Waals surface area (Å²) >= 11 is 1.23. The molecule has 3 nitrogen and oxygen atoms in total. The van der Waals surface area contributed by atoms with E-state index in [2.05, 4.69) is 9.97 Å². The van der Waals surface area contributed by atoms with Crippen LogP contribution in [0.25, 0.3) is 0 Å². The minimum absolute atomic E-state index is 0.396. The fourth-order valence-corrected chi connectivity index (χ4v) is 2.33. The normalized spacial score (nSPS) is 10.7. The Hall–Kier alpha value is -1.69. The predicted molar refractivity (Wildman–Crippen MR) is 66.4 cm³/mol. The van der Waals surface area contributed by atoms with Gasteiger partial charge in [-0.25, -0.2) is 18.7 Å². The third kappa shape index (κ3) is 2.59. The van der Waals surface area contributed by atoms with E-state index in [1.165, 1.54) is 17.8 Å². The summed E-state index contributed by atoms with van der Waals surface area (Å²) in [5.41, 5.74) is 6.46. The van der Waals surface area contributed by atoms with Crippen LogP contribution in [0.3, 0.4) is 0 Å². The molecule has 2 aromatic rings. The number of nitrogen functional groups attached to an aromatic ring is 1. The lowest BCUT2D eigenvalue weighted by molar-refractivity contribution is 0.506. The van der Waals surface area contributed by atoms with E-state index in [0.717, 1.165) is 17.7 Å². The van der Waals surface area contributed by atoms with Crippen LogP contribution in [0.2, 0.25) is 0 Å². The monoisotopic (exact) mass is 267 g/mol. The van der Waals surface area contributed by atoms with Gasteiger partial charge in [-0.15, -0.1) is 0 Å². The summed E-state index contributed by atoms with van der Waals surface area (Å²) in [5.74, 6) is -0.804. The fraction of sp³-hybridized carbons (Fsp3) is 0.167. The van der Waals surface area contributed by atoms with Crippen LogP contribution in [0.5, 0.6) is 0 Å². The number of aromatic nitrogens is 2. The fourth-order valence-electron chi connectivity index (χ4n) is 1.37. The van der Waals surface area contributed by atoms with Crippen molar-refractivity contribution in [1.82, 2.24) is 9.97 Å². The second-order valence-corrected chi connectivity index (χ2v) is 4.83. The molecule has 0 aliphatic carbocycles. The van der Waals surface area contributed by atoms with Crippen molar-refractivity contribution < 1.29 is 8.78 Å². The van der Waals surface area contributed by atoms with Crippen molar-refractivity contribution in [2.45, 2.75) is 23.8 Å². The molecule has 0 amide bonds. The second kappa shape index (κ2) is 4.89. The first-order valence-electron chi connectivity index (χ1n) is 5.21. The van der Waals surface area contributed by atoms with Crippen LogP contribution >= 0.6 is 11.8 Å². The molecule has 0 fully saturated rings. The molecule has 0 unspecified atom stereocenters. The summed E-state index contributed by atoms with van der Waals surface area (Å²) in [6, 6.07) is 3.72. The van der Waals surface area contributed by atoms with Crippen molar-refractivity contribution >= 4 is 17.6 Å². The summed E-state index contributed by atoms with van der Waals surface area (Å²) in [6.07, 6.45) is 0. The molecule has 1 aromatic carbocycles. The van der Waals surface area contributed by atoms with Crippen LogP contribution in [0.1, 0.15) is 11.4 Å². The van der Waals surface area contributed by atoms with Crippen LogP contribution in [0, 0.1) is 25.5 Å². The molecule has 0 atom stereocenters. The van der Waals surface area contributed by atoms with Gasteiger partial charge < -0.3 is 5.73 Å². The van der Waals surface area contributed by atoms with E-state index in [-0.39, 0.29) is 0 Å². The van der Waals surface area contributed by atoms with Gasteiger partial charge in [-0.2, -0.15) is 0 Å². The highest BCUT2D eigenvalue weighted by Crippen LogP contribution is 2.31. The Balaban J connectivity index is 2.36.